The fraction of sp³-hybridized carbons (Fsp3) is 0.154. The fourth-order valence-corrected chi connectivity index (χ4v) is 3.33. The van der Waals surface area contributed by atoms with E-state index in [1.807, 2.05) is 43.3 Å². The number of aromatic nitrogens is 1. The van der Waals surface area contributed by atoms with Crippen LogP contribution in [0.25, 0.3) is 0 Å². The summed E-state index contributed by atoms with van der Waals surface area (Å²) in [5.74, 6) is 0.694. The number of rotatable bonds is 8. The summed E-state index contributed by atoms with van der Waals surface area (Å²) >= 11 is 0. The van der Waals surface area contributed by atoms with Crippen molar-refractivity contribution in [2.75, 3.05) is 0 Å². The highest BCUT2D eigenvalue weighted by molar-refractivity contribution is 5.91. The molecule has 0 aliphatic heterocycles. The monoisotopic (exact) mass is 430 g/mol. The fourth-order valence-electron chi connectivity index (χ4n) is 3.33. The SMILES string of the molecule is Cc1cccc(CN(Cc2ccccn2)C(=O)c2ccc(COc3ccc(F)cc3)o2)c1. The van der Waals surface area contributed by atoms with Crippen LogP contribution in [0.2, 0.25) is 0 Å². The van der Waals surface area contributed by atoms with Crippen LogP contribution in [-0.4, -0.2) is 15.8 Å². The normalized spacial score (nSPS) is 10.7. The lowest BCUT2D eigenvalue weighted by Crippen LogP contribution is -2.30. The number of hydrogen-bond acceptors (Lipinski definition) is 4. The van der Waals surface area contributed by atoms with Crippen molar-refractivity contribution in [3.63, 3.8) is 0 Å². The molecule has 0 N–H and O–H groups in total. The van der Waals surface area contributed by atoms with Crippen molar-refractivity contribution in [1.29, 1.82) is 0 Å². The second-order valence-corrected chi connectivity index (χ2v) is 7.48. The maximum Gasteiger partial charge on any atom is 0.290 e. The van der Waals surface area contributed by atoms with E-state index in [1.165, 1.54) is 12.1 Å². The summed E-state index contributed by atoms with van der Waals surface area (Å²) in [5, 5.41) is 0. The van der Waals surface area contributed by atoms with Gasteiger partial charge in [0.1, 0.15) is 23.9 Å². The summed E-state index contributed by atoms with van der Waals surface area (Å²) in [6, 6.07) is 22.8. The van der Waals surface area contributed by atoms with Crippen LogP contribution in [0, 0.1) is 12.7 Å². The molecule has 0 bridgehead atoms. The quantitative estimate of drug-likeness (QED) is 0.368. The lowest BCUT2D eigenvalue weighted by atomic mass is 10.1. The lowest BCUT2D eigenvalue weighted by Gasteiger charge is -2.22. The molecule has 2 heterocycles. The molecule has 6 heteroatoms. The number of aryl methyl sites for hydroxylation is 1. The highest BCUT2D eigenvalue weighted by Crippen LogP contribution is 2.18. The van der Waals surface area contributed by atoms with Gasteiger partial charge in [0.05, 0.1) is 12.2 Å². The molecule has 0 spiro atoms. The van der Waals surface area contributed by atoms with Crippen molar-refractivity contribution in [2.45, 2.75) is 26.6 Å². The number of halogens is 1. The maximum atomic E-state index is 13.3. The first-order valence-electron chi connectivity index (χ1n) is 10.3. The number of furan rings is 1. The largest absolute Gasteiger partial charge is 0.486 e. The maximum absolute atomic E-state index is 13.3. The average Bonchev–Trinajstić information content (AvgIpc) is 3.28. The number of pyridine rings is 1. The highest BCUT2D eigenvalue weighted by Gasteiger charge is 2.21. The number of carbonyl (C=O) groups excluding carboxylic acids is 1. The Morgan fingerprint density at radius 3 is 2.59 bits per heavy atom. The van der Waals surface area contributed by atoms with Gasteiger partial charge in [0.15, 0.2) is 5.76 Å². The van der Waals surface area contributed by atoms with E-state index in [0.29, 0.717) is 24.6 Å². The predicted octanol–water partition coefficient (Wildman–Crippen LogP) is 5.54. The topological polar surface area (TPSA) is 55.6 Å². The molecule has 0 aliphatic carbocycles. The van der Waals surface area contributed by atoms with Gasteiger partial charge in [0, 0.05) is 12.7 Å². The number of ether oxygens (including phenoxy) is 1. The molecular formula is C26H23FN2O3. The van der Waals surface area contributed by atoms with Gasteiger partial charge in [-0.3, -0.25) is 9.78 Å². The van der Waals surface area contributed by atoms with Crippen LogP contribution in [0.3, 0.4) is 0 Å². The zero-order valence-corrected chi connectivity index (χ0v) is 17.7. The first kappa shape index (κ1) is 21.3. The second-order valence-electron chi connectivity index (χ2n) is 7.48. The summed E-state index contributed by atoms with van der Waals surface area (Å²) in [6.45, 7) is 2.94. The molecule has 0 atom stereocenters. The minimum Gasteiger partial charge on any atom is -0.486 e. The molecule has 0 aliphatic rings. The van der Waals surface area contributed by atoms with E-state index >= 15 is 0 Å². The third kappa shape index (κ3) is 5.60. The van der Waals surface area contributed by atoms with Gasteiger partial charge in [-0.25, -0.2) is 4.39 Å². The lowest BCUT2D eigenvalue weighted by molar-refractivity contribution is 0.0691. The zero-order valence-electron chi connectivity index (χ0n) is 17.7. The van der Waals surface area contributed by atoms with Crippen LogP contribution in [0.1, 0.15) is 33.1 Å². The van der Waals surface area contributed by atoms with Gasteiger partial charge in [0.25, 0.3) is 5.91 Å². The van der Waals surface area contributed by atoms with E-state index in [2.05, 4.69) is 11.1 Å². The van der Waals surface area contributed by atoms with Crippen LogP contribution in [0.15, 0.2) is 89.5 Å². The van der Waals surface area contributed by atoms with Crippen molar-refractivity contribution in [3.8, 4) is 5.75 Å². The minimum absolute atomic E-state index is 0.136. The van der Waals surface area contributed by atoms with Crippen molar-refractivity contribution < 1.29 is 18.3 Å². The number of carbonyl (C=O) groups is 1. The molecule has 4 aromatic rings. The molecule has 0 radical (unpaired) electrons. The summed E-state index contributed by atoms with van der Waals surface area (Å²) in [4.78, 5) is 19.4. The van der Waals surface area contributed by atoms with Gasteiger partial charge < -0.3 is 14.1 Å². The van der Waals surface area contributed by atoms with E-state index in [9.17, 15) is 9.18 Å². The Labute approximate surface area is 186 Å². The Bertz CT molecular complexity index is 1170. The van der Waals surface area contributed by atoms with Gasteiger partial charge in [-0.05, 0) is 61.0 Å². The Morgan fingerprint density at radius 2 is 1.84 bits per heavy atom. The van der Waals surface area contributed by atoms with Gasteiger partial charge in [0.2, 0.25) is 0 Å². The van der Waals surface area contributed by atoms with Crippen molar-refractivity contribution in [2.24, 2.45) is 0 Å². The number of amides is 1. The van der Waals surface area contributed by atoms with E-state index in [0.717, 1.165) is 16.8 Å². The van der Waals surface area contributed by atoms with Gasteiger partial charge in [-0.15, -0.1) is 0 Å². The standard InChI is InChI=1S/C26H23FN2O3/c1-19-5-4-6-20(15-19)16-29(17-22-7-2-3-14-28-22)26(30)25-13-12-24(32-25)18-31-23-10-8-21(27)9-11-23/h2-15H,16-18H2,1H3. The van der Waals surface area contributed by atoms with Crippen molar-refractivity contribution in [1.82, 2.24) is 9.88 Å². The zero-order chi connectivity index (χ0) is 22.3. The summed E-state index contributed by atoms with van der Waals surface area (Å²) in [6.07, 6.45) is 1.71. The minimum atomic E-state index is -0.329. The molecule has 0 unspecified atom stereocenters. The molecule has 32 heavy (non-hydrogen) atoms. The van der Waals surface area contributed by atoms with Crippen LogP contribution in [0.4, 0.5) is 4.39 Å². The molecule has 4 rings (SSSR count). The van der Waals surface area contributed by atoms with E-state index in [-0.39, 0.29) is 24.1 Å². The molecule has 5 nitrogen and oxygen atoms in total. The summed E-state index contributed by atoms with van der Waals surface area (Å²) in [5.41, 5.74) is 2.95. The van der Waals surface area contributed by atoms with Crippen LogP contribution in [-0.2, 0) is 19.7 Å². The van der Waals surface area contributed by atoms with Crippen molar-refractivity contribution in [3.05, 3.63) is 119 Å². The Morgan fingerprint density at radius 1 is 1.00 bits per heavy atom. The second kappa shape index (κ2) is 9.92. The highest BCUT2D eigenvalue weighted by atomic mass is 19.1. The van der Waals surface area contributed by atoms with E-state index < -0.39 is 0 Å². The van der Waals surface area contributed by atoms with Crippen LogP contribution < -0.4 is 4.74 Å². The smallest absolute Gasteiger partial charge is 0.290 e. The predicted molar refractivity (Wildman–Crippen MR) is 118 cm³/mol. The van der Waals surface area contributed by atoms with Crippen molar-refractivity contribution >= 4 is 5.91 Å². The summed E-state index contributed by atoms with van der Waals surface area (Å²) < 4.78 is 24.4. The molecule has 0 saturated carbocycles. The Kier molecular flexibility index (Phi) is 6.60. The molecule has 2 aromatic heterocycles. The third-order valence-electron chi connectivity index (χ3n) is 4.89. The molecule has 0 saturated heterocycles. The van der Waals surface area contributed by atoms with E-state index in [4.69, 9.17) is 9.15 Å². The molecule has 2 aromatic carbocycles. The summed E-state index contributed by atoms with van der Waals surface area (Å²) in [7, 11) is 0. The average molecular weight is 430 g/mol. The first-order chi connectivity index (χ1) is 15.6. The van der Waals surface area contributed by atoms with Gasteiger partial charge in [-0.1, -0.05) is 35.9 Å². The number of nitrogens with zero attached hydrogens (tertiary/aromatic N) is 2. The number of benzene rings is 2. The van der Waals surface area contributed by atoms with Gasteiger partial charge >= 0.3 is 0 Å². The molecule has 162 valence electrons. The third-order valence-corrected chi connectivity index (χ3v) is 4.89. The van der Waals surface area contributed by atoms with Crippen LogP contribution >= 0.6 is 0 Å². The van der Waals surface area contributed by atoms with E-state index in [1.54, 1.807) is 35.4 Å². The molecule has 1 amide bonds. The Balaban J connectivity index is 1.49. The van der Waals surface area contributed by atoms with Crippen LogP contribution in [0.5, 0.6) is 5.75 Å². The Hall–Kier alpha value is -3.93. The molecule has 0 fully saturated rings. The molecular weight excluding hydrogens is 407 g/mol. The first-order valence-corrected chi connectivity index (χ1v) is 10.3. The van der Waals surface area contributed by atoms with Gasteiger partial charge in [-0.2, -0.15) is 0 Å². The number of hydrogen-bond donors (Lipinski definition) is 0.